The number of rotatable bonds is 4. The highest BCUT2D eigenvalue weighted by atomic mass is 16.1. The van der Waals surface area contributed by atoms with E-state index in [-0.39, 0.29) is 11.7 Å². The number of hydrogen-bond acceptors (Lipinski definition) is 4. The molecule has 0 spiro atoms. The Balaban J connectivity index is 1.98. The molecule has 7 heteroatoms. The van der Waals surface area contributed by atoms with Crippen molar-refractivity contribution in [2.45, 2.75) is 6.54 Å². The largest absolute Gasteiger partial charge is 0.346 e. The molecule has 0 aliphatic rings. The van der Waals surface area contributed by atoms with Crippen LogP contribution in [0, 0.1) is 0 Å². The summed E-state index contributed by atoms with van der Waals surface area (Å²) in [5.41, 5.74) is 9.41. The van der Waals surface area contributed by atoms with E-state index < -0.39 is 0 Å². The van der Waals surface area contributed by atoms with Crippen LogP contribution in [0.5, 0.6) is 0 Å². The number of nitrogens with zero attached hydrogens (tertiary/aromatic N) is 5. The fourth-order valence-corrected chi connectivity index (χ4v) is 1.40. The zero-order valence-electron chi connectivity index (χ0n) is 9.89. The Bertz CT molecular complexity index is 604. The van der Waals surface area contributed by atoms with Crippen LogP contribution in [-0.4, -0.2) is 15.9 Å². The molecule has 2 aromatic rings. The van der Waals surface area contributed by atoms with Gasteiger partial charge >= 0.3 is 0 Å². The van der Waals surface area contributed by atoms with Gasteiger partial charge in [-0.25, -0.2) is 0 Å². The third kappa shape index (κ3) is 3.52. The molecular formula is C12H10N6O. The first-order chi connectivity index (χ1) is 9.29. The van der Waals surface area contributed by atoms with E-state index in [1.807, 2.05) is 18.2 Å². The first-order valence-corrected chi connectivity index (χ1v) is 5.49. The van der Waals surface area contributed by atoms with Crippen molar-refractivity contribution in [3.63, 3.8) is 0 Å². The number of aromatic nitrogens is 2. The van der Waals surface area contributed by atoms with Gasteiger partial charge in [0.2, 0.25) is 0 Å². The first kappa shape index (κ1) is 12.5. The molecule has 0 aromatic carbocycles. The van der Waals surface area contributed by atoms with Gasteiger partial charge in [-0.1, -0.05) is 6.07 Å². The molecule has 2 aromatic heterocycles. The van der Waals surface area contributed by atoms with E-state index >= 15 is 0 Å². The molecule has 1 amide bonds. The standard InChI is InChI=1S/C12H10N6O/c13-18-17-11-5-4-9(7-15-11)12(19)16-8-10-3-1-2-6-14-10/h1-7H,8H2,(H,16,19). The van der Waals surface area contributed by atoms with Crippen LogP contribution < -0.4 is 5.32 Å². The molecule has 0 atom stereocenters. The van der Waals surface area contributed by atoms with E-state index in [1.54, 1.807) is 12.3 Å². The summed E-state index contributed by atoms with van der Waals surface area (Å²) in [6.07, 6.45) is 3.02. The number of azide groups is 1. The second-order valence-electron chi connectivity index (χ2n) is 3.60. The molecule has 2 heterocycles. The lowest BCUT2D eigenvalue weighted by molar-refractivity contribution is 0.0950. The summed E-state index contributed by atoms with van der Waals surface area (Å²) in [5.74, 6) is -0.0329. The van der Waals surface area contributed by atoms with Crippen molar-refractivity contribution in [3.05, 3.63) is 64.4 Å². The summed E-state index contributed by atoms with van der Waals surface area (Å²) in [6, 6.07) is 8.51. The summed E-state index contributed by atoms with van der Waals surface area (Å²) in [7, 11) is 0. The second-order valence-corrected chi connectivity index (χ2v) is 3.60. The van der Waals surface area contributed by atoms with Gasteiger partial charge in [0.25, 0.3) is 5.91 Å². The summed E-state index contributed by atoms with van der Waals surface area (Å²) >= 11 is 0. The van der Waals surface area contributed by atoms with Crippen LogP contribution >= 0.6 is 0 Å². The van der Waals surface area contributed by atoms with E-state index in [9.17, 15) is 4.79 Å². The summed E-state index contributed by atoms with van der Waals surface area (Å²) in [5, 5.41) is 6.05. The molecule has 0 aliphatic heterocycles. The van der Waals surface area contributed by atoms with Gasteiger partial charge in [0.15, 0.2) is 0 Å². The third-order valence-corrected chi connectivity index (χ3v) is 2.31. The minimum atomic E-state index is -0.259. The molecule has 0 aliphatic carbocycles. The molecule has 7 nitrogen and oxygen atoms in total. The number of pyridine rings is 2. The Kier molecular flexibility index (Phi) is 4.05. The second kappa shape index (κ2) is 6.13. The number of carbonyl (C=O) groups is 1. The van der Waals surface area contributed by atoms with Crippen LogP contribution in [0.25, 0.3) is 10.4 Å². The predicted molar refractivity (Wildman–Crippen MR) is 68.5 cm³/mol. The van der Waals surface area contributed by atoms with Crippen molar-refractivity contribution >= 4 is 11.7 Å². The first-order valence-electron chi connectivity index (χ1n) is 5.49. The lowest BCUT2D eigenvalue weighted by Crippen LogP contribution is -2.23. The quantitative estimate of drug-likeness (QED) is 0.514. The summed E-state index contributed by atoms with van der Waals surface area (Å²) < 4.78 is 0. The molecule has 0 saturated heterocycles. The van der Waals surface area contributed by atoms with E-state index in [2.05, 4.69) is 25.3 Å². The highest BCUT2D eigenvalue weighted by Crippen LogP contribution is 2.08. The highest BCUT2D eigenvalue weighted by molar-refractivity contribution is 5.93. The monoisotopic (exact) mass is 254 g/mol. The van der Waals surface area contributed by atoms with Crippen molar-refractivity contribution in [3.8, 4) is 0 Å². The topological polar surface area (TPSA) is 104 Å². The van der Waals surface area contributed by atoms with Crippen molar-refractivity contribution in [1.29, 1.82) is 0 Å². The molecule has 19 heavy (non-hydrogen) atoms. The van der Waals surface area contributed by atoms with E-state index in [0.29, 0.717) is 12.1 Å². The number of carbonyl (C=O) groups excluding carboxylic acids is 1. The maximum atomic E-state index is 11.8. The maximum Gasteiger partial charge on any atom is 0.253 e. The van der Waals surface area contributed by atoms with Gasteiger partial charge in [-0.15, -0.1) is 0 Å². The third-order valence-electron chi connectivity index (χ3n) is 2.31. The minimum absolute atomic E-state index is 0.226. The van der Waals surface area contributed by atoms with Crippen molar-refractivity contribution < 1.29 is 4.79 Å². The maximum absolute atomic E-state index is 11.8. The molecule has 0 saturated carbocycles. The molecule has 94 valence electrons. The Morgan fingerprint density at radius 2 is 2.21 bits per heavy atom. The molecule has 0 fully saturated rings. The average molecular weight is 254 g/mol. The Labute approximate surface area is 109 Å². The molecule has 0 unspecified atom stereocenters. The van der Waals surface area contributed by atoms with E-state index in [0.717, 1.165) is 5.69 Å². The zero-order chi connectivity index (χ0) is 13.5. The van der Waals surface area contributed by atoms with Crippen LogP contribution in [0.1, 0.15) is 16.1 Å². The molecule has 2 rings (SSSR count). The fraction of sp³-hybridized carbons (Fsp3) is 0.0833. The van der Waals surface area contributed by atoms with Crippen LogP contribution in [0.15, 0.2) is 47.8 Å². The molecule has 1 N–H and O–H groups in total. The Morgan fingerprint density at radius 3 is 2.84 bits per heavy atom. The van der Waals surface area contributed by atoms with Gasteiger partial charge in [-0.05, 0) is 34.9 Å². The van der Waals surface area contributed by atoms with Gasteiger partial charge in [0.1, 0.15) is 5.82 Å². The Hall–Kier alpha value is -2.92. The summed E-state index contributed by atoms with van der Waals surface area (Å²) in [6.45, 7) is 0.345. The van der Waals surface area contributed by atoms with Crippen molar-refractivity contribution in [1.82, 2.24) is 15.3 Å². The van der Waals surface area contributed by atoms with E-state index in [1.165, 1.54) is 12.3 Å². The number of nitrogens with one attached hydrogen (secondary N) is 1. The van der Waals surface area contributed by atoms with Crippen LogP contribution in [0.4, 0.5) is 5.82 Å². The van der Waals surface area contributed by atoms with Crippen molar-refractivity contribution in [2.75, 3.05) is 0 Å². The van der Waals surface area contributed by atoms with Gasteiger partial charge in [0.05, 0.1) is 17.8 Å². The molecule has 0 radical (unpaired) electrons. The fourth-order valence-electron chi connectivity index (χ4n) is 1.40. The van der Waals surface area contributed by atoms with Gasteiger partial charge < -0.3 is 5.32 Å². The van der Waals surface area contributed by atoms with Crippen LogP contribution in [0.2, 0.25) is 0 Å². The van der Waals surface area contributed by atoms with E-state index in [4.69, 9.17) is 5.53 Å². The van der Waals surface area contributed by atoms with Crippen molar-refractivity contribution in [2.24, 2.45) is 5.11 Å². The molecule has 0 bridgehead atoms. The van der Waals surface area contributed by atoms with Gasteiger partial charge in [-0.2, -0.15) is 0 Å². The SMILES string of the molecule is [N-]=[N+]=Nc1ccc(C(=O)NCc2ccccn2)cn1. The highest BCUT2D eigenvalue weighted by Gasteiger charge is 2.05. The predicted octanol–water partition coefficient (Wildman–Crippen LogP) is 2.35. The number of amides is 1. The lowest BCUT2D eigenvalue weighted by atomic mass is 10.2. The van der Waals surface area contributed by atoms with Crippen LogP contribution in [-0.2, 0) is 6.54 Å². The average Bonchev–Trinajstić information content (AvgIpc) is 2.47. The normalized spacial score (nSPS) is 9.47. The van der Waals surface area contributed by atoms with Gasteiger partial charge in [-0.3, -0.25) is 14.8 Å². The minimum Gasteiger partial charge on any atom is -0.346 e. The Morgan fingerprint density at radius 1 is 1.32 bits per heavy atom. The summed E-state index contributed by atoms with van der Waals surface area (Å²) in [4.78, 5) is 22.4. The smallest absolute Gasteiger partial charge is 0.253 e. The zero-order valence-corrected chi connectivity index (χ0v) is 9.89. The lowest BCUT2D eigenvalue weighted by Gasteiger charge is -2.04. The van der Waals surface area contributed by atoms with Crippen LogP contribution in [0.3, 0.4) is 0 Å². The molecular weight excluding hydrogens is 244 g/mol. The van der Waals surface area contributed by atoms with Gasteiger partial charge in [0, 0.05) is 17.3 Å². The number of hydrogen-bond donors (Lipinski definition) is 1.